The van der Waals surface area contributed by atoms with Crippen molar-refractivity contribution in [1.82, 2.24) is 0 Å². The summed E-state index contributed by atoms with van der Waals surface area (Å²) in [5.74, 6) is -0.585. The smallest absolute Gasteiger partial charge is 0.193 e. The predicted molar refractivity (Wildman–Crippen MR) is 73.4 cm³/mol. The Balaban J connectivity index is 2.44. The lowest BCUT2D eigenvalue weighted by molar-refractivity contribution is 0.103. The van der Waals surface area contributed by atoms with Crippen molar-refractivity contribution in [2.24, 2.45) is 0 Å². The van der Waals surface area contributed by atoms with E-state index in [0.717, 1.165) is 11.1 Å². The molecule has 0 bridgehead atoms. The van der Waals surface area contributed by atoms with Gasteiger partial charge in [0, 0.05) is 11.1 Å². The second-order valence-corrected chi connectivity index (χ2v) is 5.19. The van der Waals surface area contributed by atoms with Gasteiger partial charge in [0.1, 0.15) is 5.82 Å². The number of rotatable bonds is 2. The van der Waals surface area contributed by atoms with Gasteiger partial charge < -0.3 is 0 Å². The first kappa shape index (κ1) is 13.0. The van der Waals surface area contributed by atoms with Crippen LogP contribution < -0.4 is 0 Å². The minimum atomic E-state index is -0.426. The Kier molecular flexibility index (Phi) is 3.62. The molecule has 92 valence electrons. The summed E-state index contributed by atoms with van der Waals surface area (Å²) in [4.78, 5) is 12.2. The highest BCUT2D eigenvalue weighted by atomic mass is 79.9. The van der Waals surface area contributed by atoms with Crippen LogP contribution in [0.3, 0.4) is 0 Å². The Hall–Kier alpha value is -1.48. The van der Waals surface area contributed by atoms with Crippen LogP contribution >= 0.6 is 15.9 Å². The number of ketones is 1. The molecule has 0 saturated heterocycles. The van der Waals surface area contributed by atoms with Crippen molar-refractivity contribution in [3.05, 3.63) is 68.9 Å². The van der Waals surface area contributed by atoms with Crippen LogP contribution in [0, 0.1) is 19.7 Å². The van der Waals surface area contributed by atoms with Gasteiger partial charge >= 0.3 is 0 Å². The van der Waals surface area contributed by atoms with Gasteiger partial charge in [0.15, 0.2) is 5.78 Å². The van der Waals surface area contributed by atoms with Crippen molar-refractivity contribution >= 4 is 21.7 Å². The van der Waals surface area contributed by atoms with Gasteiger partial charge in [-0.3, -0.25) is 4.79 Å². The van der Waals surface area contributed by atoms with Gasteiger partial charge in [0.25, 0.3) is 0 Å². The van der Waals surface area contributed by atoms with E-state index in [0.29, 0.717) is 15.6 Å². The minimum absolute atomic E-state index is 0.159. The van der Waals surface area contributed by atoms with Crippen molar-refractivity contribution in [2.45, 2.75) is 13.8 Å². The molecule has 0 radical (unpaired) electrons. The molecule has 0 aliphatic rings. The predicted octanol–water partition coefficient (Wildman–Crippen LogP) is 4.44. The maximum absolute atomic E-state index is 13.4. The summed E-state index contributed by atoms with van der Waals surface area (Å²) < 4.78 is 13.8. The second-order valence-electron chi connectivity index (χ2n) is 4.33. The van der Waals surface area contributed by atoms with Crippen LogP contribution in [0.2, 0.25) is 0 Å². The van der Waals surface area contributed by atoms with Crippen molar-refractivity contribution in [1.29, 1.82) is 0 Å². The van der Waals surface area contributed by atoms with E-state index < -0.39 is 5.82 Å². The number of aryl methyl sites for hydroxylation is 2. The third-order valence-electron chi connectivity index (χ3n) is 2.67. The number of hydrogen-bond acceptors (Lipinski definition) is 1. The summed E-state index contributed by atoms with van der Waals surface area (Å²) in [6, 6.07) is 10.0. The maximum atomic E-state index is 13.4. The quantitative estimate of drug-likeness (QED) is 0.750. The summed E-state index contributed by atoms with van der Waals surface area (Å²) in [7, 11) is 0. The van der Waals surface area contributed by atoms with Crippen LogP contribution in [0.25, 0.3) is 0 Å². The minimum Gasteiger partial charge on any atom is -0.289 e. The molecule has 0 heterocycles. The molecule has 0 fully saturated rings. The van der Waals surface area contributed by atoms with Crippen molar-refractivity contribution < 1.29 is 9.18 Å². The molecule has 0 aliphatic carbocycles. The number of halogens is 2. The fourth-order valence-corrected chi connectivity index (χ4v) is 2.16. The van der Waals surface area contributed by atoms with E-state index in [9.17, 15) is 9.18 Å². The van der Waals surface area contributed by atoms with Crippen LogP contribution in [-0.4, -0.2) is 5.78 Å². The SMILES string of the molecule is Cc1cc(C)cc(C(=O)c2ccc(Br)c(F)c2)c1. The van der Waals surface area contributed by atoms with Crippen molar-refractivity contribution in [3.8, 4) is 0 Å². The highest BCUT2D eigenvalue weighted by molar-refractivity contribution is 9.10. The summed E-state index contributed by atoms with van der Waals surface area (Å²) in [5, 5.41) is 0. The molecule has 0 N–H and O–H groups in total. The summed E-state index contributed by atoms with van der Waals surface area (Å²) >= 11 is 3.07. The molecule has 0 unspecified atom stereocenters. The number of hydrogen-bond donors (Lipinski definition) is 0. The molecule has 2 aromatic rings. The highest BCUT2D eigenvalue weighted by Gasteiger charge is 2.11. The van der Waals surface area contributed by atoms with E-state index in [2.05, 4.69) is 15.9 Å². The molecule has 0 atom stereocenters. The molecule has 1 nitrogen and oxygen atoms in total. The van der Waals surface area contributed by atoms with Crippen LogP contribution in [0.15, 0.2) is 40.9 Å². The first-order chi connectivity index (χ1) is 8.47. The molecule has 0 aromatic heterocycles. The Bertz CT molecular complexity index is 600. The van der Waals surface area contributed by atoms with Crippen molar-refractivity contribution in [2.75, 3.05) is 0 Å². The maximum Gasteiger partial charge on any atom is 0.193 e. The van der Waals surface area contributed by atoms with E-state index in [1.54, 1.807) is 12.1 Å². The Morgan fingerprint density at radius 2 is 1.61 bits per heavy atom. The number of benzene rings is 2. The second kappa shape index (κ2) is 5.02. The average Bonchev–Trinajstić information content (AvgIpc) is 2.30. The van der Waals surface area contributed by atoms with Crippen LogP contribution in [-0.2, 0) is 0 Å². The molecule has 0 saturated carbocycles. The van der Waals surface area contributed by atoms with Gasteiger partial charge in [0.2, 0.25) is 0 Å². The summed E-state index contributed by atoms with van der Waals surface area (Å²) in [5.41, 5.74) is 3.00. The molecule has 2 aromatic carbocycles. The molecule has 0 aliphatic heterocycles. The fraction of sp³-hybridized carbons (Fsp3) is 0.133. The number of carbonyl (C=O) groups excluding carboxylic acids is 1. The molecule has 0 spiro atoms. The van der Waals surface area contributed by atoms with Gasteiger partial charge in [-0.1, -0.05) is 17.2 Å². The zero-order valence-electron chi connectivity index (χ0n) is 10.1. The Morgan fingerprint density at radius 3 is 2.17 bits per heavy atom. The first-order valence-electron chi connectivity index (χ1n) is 5.55. The third kappa shape index (κ3) is 2.67. The monoisotopic (exact) mass is 306 g/mol. The van der Waals surface area contributed by atoms with Gasteiger partial charge in [-0.25, -0.2) is 4.39 Å². The molecule has 0 amide bonds. The summed E-state index contributed by atoms with van der Waals surface area (Å²) in [6.07, 6.45) is 0. The molecule has 18 heavy (non-hydrogen) atoms. The van der Waals surface area contributed by atoms with Crippen LogP contribution in [0.1, 0.15) is 27.0 Å². The average molecular weight is 307 g/mol. The zero-order chi connectivity index (χ0) is 13.3. The standard InChI is InChI=1S/C15H12BrFO/c1-9-5-10(2)7-12(6-9)15(18)11-3-4-13(16)14(17)8-11/h3-8H,1-2H3. The lowest BCUT2D eigenvalue weighted by Gasteiger charge is -2.05. The van der Waals surface area contributed by atoms with Crippen molar-refractivity contribution in [3.63, 3.8) is 0 Å². The van der Waals surface area contributed by atoms with Crippen LogP contribution in [0.4, 0.5) is 4.39 Å². The molecular formula is C15H12BrFO. The number of carbonyl (C=O) groups is 1. The topological polar surface area (TPSA) is 17.1 Å². The van der Waals surface area contributed by atoms with Gasteiger partial charge in [-0.15, -0.1) is 0 Å². The molecule has 2 rings (SSSR count). The van der Waals surface area contributed by atoms with Gasteiger partial charge in [-0.05, 0) is 60.1 Å². The highest BCUT2D eigenvalue weighted by Crippen LogP contribution is 2.19. The molecular weight excluding hydrogens is 295 g/mol. The van der Waals surface area contributed by atoms with E-state index in [1.807, 2.05) is 32.0 Å². The van der Waals surface area contributed by atoms with Gasteiger partial charge in [0.05, 0.1) is 4.47 Å². The summed E-state index contributed by atoms with van der Waals surface area (Å²) in [6.45, 7) is 3.87. The fourth-order valence-electron chi connectivity index (χ4n) is 1.91. The van der Waals surface area contributed by atoms with E-state index >= 15 is 0 Å². The molecule has 3 heteroatoms. The van der Waals surface area contributed by atoms with E-state index in [-0.39, 0.29) is 5.78 Å². The zero-order valence-corrected chi connectivity index (χ0v) is 11.7. The normalized spacial score (nSPS) is 10.4. The van der Waals surface area contributed by atoms with Gasteiger partial charge in [-0.2, -0.15) is 0 Å². The van der Waals surface area contributed by atoms with E-state index in [1.165, 1.54) is 6.07 Å². The Labute approximate surface area is 114 Å². The van der Waals surface area contributed by atoms with E-state index in [4.69, 9.17) is 0 Å². The van der Waals surface area contributed by atoms with Crippen LogP contribution in [0.5, 0.6) is 0 Å². The third-order valence-corrected chi connectivity index (χ3v) is 3.31. The Morgan fingerprint density at radius 1 is 1.00 bits per heavy atom. The lowest BCUT2D eigenvalue weighted by Crippen LogP contribution is -2.03. The lowest BCUT2D eigenvalue weighted by atomic mass is 9.99. The first-order valence-corrected chi connectivity index (χ1v) is 6.35. The largest absolute Gasteiger partial charge is 0.289 e.